The standard InChI is InChI=1S/C34H28BrN3O5/c1-2-41-31-20-23(19-27(35)33(31)42-22-32(39)38-17-16-24-10-6-8-14-29(24)38)18-25(21-36)34(40)37-28-13-7-9-15-30(28)43-26-11-4-3-5-12-26/h3-15,18-20H,2,16-17,22H2,1H3,(H,37,40)/b25-18+. The van der Waals surface area contributed by atoms with Crippen LogP contribution in [0, 0.1) is 11.3 Å². The van der Waals surface area contributed by atoms with E-state index in [2.05, 4.69) is 21.2 Å². The summed E-state index contributed by atoms with van der Waals surface area (Å²) in [6.07, 6.45) is 2.26. The number of carbonyl (C=O) groups excluding carboxylic acids is 2. The van der Waals surface area contributed by atoms with Gasteiger partial charge in [0.2, 0.25) is 0 Å². The first-order valence-electron chi connectivity index (χ1n) is 13.7. The highest BCUT2D eigenvalue weighted by atomic mass is 79.9. The van der Waals surface area contributed by atoms with Crippen LogP contribution < -0.4 is 24.4 Å². The molecule has 1 aliphatic heterocycles. The highest BCUT2D eigenvalue weighted by Crippen LogP contribution is 2.38. The van der Waals surface area contributed by atoms with Crippen LogP contribution in [0.1, 0.15) is 18.1 Å². The summed E-state index contributed by atoms with van der Waals surface area (Å²) in [5.41, 5.74) is 2.86. The van der Waals surface area contributed by atoms with Crippen molar-refractivity contribution in [3.63, 3.8) is 0 Å². The summed E-state index contributed by atoms with van der Waals surface area (Å²) < 4.78 is 18.2. The summed E-state index contributed by atoms with van der Waals surface area (Å²) >= 11 is 3.51. The molecule has 8 nitrogen and oxygen atoms in total. The Bertz CT molecular complexity index is 1720. The molecule has 0 atom stereocenters. The largest absolute Gasteiger partial charge is 0.490 e. The van der Waals surface area contributed by atoms with Crippen LogP contribution in [0.25, 0.3) is 6.08 Å². The number of nitrogens with one attached hydrogen (secondary N) is 1. The maximum Gasteiger partial charge on any atom is 0.266 e. The summed E-state index contributed by atoms with van der Waals surface area (Å²) in [6.45, 7) is 2.59. The van der Waals surface area contributed by atoms with Crippen molar-refractivity contribution in [2.24, 2.45) is 0 Å². The van der Waals surface area contributed by atoms with Crippen molar-refractivity contribution in [2.45, 2.75) is 13.3 Å². The molecule has 0 fully saturated rings. The minimum Gasteiger partial charge on any atom is -0.490 e. The van der Waals surface area contributed by atoms with Crippen LogP contribution >= 0.6 is 15.9 Å². The van der Waals surface area contributed by atoms with Gasteiger partial charge in [0.1, 0.15) is 17.4 Å². The first-order valence-corrected chi connectivity index (χ1v) is 14.5. The van der Waals surface area contributed by atoms with Gasteiger partial charge in [0, 0.05) is 12.2 Å². The molecule has 216 valence electrons. The lowest BCUT2D eigenvalue weighted by molar-refractivity contribution is -0.120. The molecular formula is C34H28BrN3O5. The predicted molar refractivity (Wildman–Crippen MR) is 168 cm³/mol. The summed E-state index contributed by atoms with van der Waals surface area (Å²) in [5.74, 6) is 1.02. The number of fused-ring (bicyclic) bond motifs is 1. The Morgan fingerprint density at radius 2 is 1.72 bits per heavy atom. The fraction of sp³-hybridized carbons (Fsp3) is 0.147. The van der Waals surface area contributed by atoms with Gasteiger partial charge in [-0.25, -0.2) is 0 Å². The fourth-order valence-electron chi connectivity index (χ4n) is 4.66. The molecule has 5 rings (SSSR count). The second kappa shape index (κ2) is 13.7. The Morgan fingerprint density at radius 3 is 2.51 bits per heavy atom. The molecule has 1 N–H and O–H groups in total. The van der Waals surface area contributed by atoms with Crippen LogP contribution in [0.15, 0.2) is 101 Å². The van der Waals surface area contributed by atoms with Crippen molar-refractivity contribution < 1.29 is 23.8 Å². The van der Waals surface area contributed by atoms with Gasteiger partial charge in [0.15, 0.2) is 23.9 Å². The molecule has 0 radical (unpaired) electrons. The van der Waals surface area contributed by atoms with E-state index in [1.165, 1.54) is 6.08 Å². The SMILES string of the molecule is CCOc1cc(/C=C(\C#N)C(=O)Nc2ccccc2Oc2ccccc2)cc(Br)c1OCC(=O)N1CCc2ccccc21. The van der Waals surface area contributed by atoms with E-state index in [-0.39, 0.29) is 18.1 Å². The Hall–Kier alpha value is -5.07. The van der Waals surface area contributed by atoms with Crippen molar-refractivity contribution >= 4 is 45.2 Å². The van der Waals surface area contributed by atoms with Gasteiger partial charge in [0.25, 0.3) is 11.8 Å². The average Bonchev–Trinajstić information content (AvgIpc) is 3.45. The number of para-hydroxylation sites is 4. The molecule has 2 amide bonds. The van der Waals surface area contributed by atoms with Crippen LogP contribution in [-0.4, -0.2) is 31.6 Å². The number of halogens is 1. The molecule has 0 aromatic heterocycles. The van der Waals surface area contributed by atoms with Gasteiger partial charge < -0.3 is 24.4 Å². The molecule has 4 aromatic carbocycles. The third-order valence-electron chi connectivity index (χ3n) is 6.64. The number of hydrogen-bond donors (Lipinski definition) is 1. The van der Waals surface area contributed by atoms with Gasteiger partial charge in [-0.15, -0.1) is 0 Å². The summed E-state index contributed by atoms with van der Waals surface area (Å²) in [5, 5.41) is 12.6. The van der Waals surface area contributed by atoms with Crippen LogP contribution in [0.3, 0.4) is 0 Å². The molecule has 0 saturated carbocycles. The molecule has 4 aromatic rings. The number of benzene rings is 4. The van der Waals surface area contributed by atoms with Crippen LogP contribution in [-0.2, 0) is 16.0 Å². The monoisotopic (exact) mass is 637 g/mol. The zero-order valence-electron chi connectivity index (χ0n) is 23.4. The predicted octanol–water partition coefficient (Wildman–Crippen LogP) is 7.15. The van der Waals surface area contributed by atoms with E-state index in [9.17, 15) is 14.9 Å². The van der Waals surface area contributed by atoms with Gasteiger partial charge in [-0.2, -0.15) is 5.26 Å². The molecule has 43 heavy (non-hydrogen) atoms. The summed E-state index contributed by atoms with van der Waals surface area (Å²) in [7, 11) is 0. The Labute approximate surface area is 258 Å². The van der Waals surface area contributed by atoms with Gasteiger partial charge >= 0.3 is 0 Å². The van der Waals surface area contributed by atoms with Gasteiger partial charge in [-0.1, -0.05) is 48.5 Å². The first kappa shape index (κ1) is 29.4. The molecule has 0 bridgehead atoms. The molecular weight excluding hydrogens is 610 g/mol. The third-order valence-corrected chi connectivity index (χ3v) is 7.23. The minimum absolute atomic E-state index is 0.125. The quantitative estimate of drug-likeness (QED) is 0.146. The maximum absolute atomic E-state index is 13.1. The number of rotatable bonds is 10. The zero-order valence-corrected chi connectivity index (χ0v) is 25.0. The Morgan fingerprint density at radius 1 is 0.977 bits per heavy atom. The molecule has 0 saturated heterocycles. The highest BCUT2D eigenvalue weighted by Gasteiger charge is 2.25. The number of carbonyl (C=O) groups is 2. The number of anilines is 2. The van der Waals surface area contributed by atoms with Crippen molar-refractivity contribution in [3.05, 3.63) is 112 Å². The zero-order chi connectivity index (χ0) is 30.2. The van der Waals surface area contributed by atoms with E-state index in [0.717, 1.165) is 17.7 Å². The second-order valence-electron chi connectivity index (χ2n) is 9.51. The minimum atomic E-state index is -0.600. The van der Waals surface area contributed by atoms with Crippen molar-refractivity contribution in [1.82, 2.24) is 0 Å². The third kappa shape index (κ3) is 7.05. The molecule has 0 unspecified atom stereocenters. The van der Waals surface area contributed by atoms with Crippen molar-refractivity contribution in [3.8, 4) is 29.1 Å². The molecule has 0 spiro atoms. The highest BCUT2D eigenvalue weighted by molar-refractivity contribution is 9.10. The lowest BCUT2D eigenvalue weighted by atomic mass is 10.1. The summed E-state index contributed by atoms with van der Waals surface area (Å²) in [4.78, 5) is 27.9. The van der Waals surface area contributed by atoms with E-state index in [4.69, 9.17) is 14.2 Å². The van der Waals surface area contributed by atoms with Crippen LogP contribution in [0.2, 0.25) is 0 Å². The van der Waals surface area contributed by atoms with E-state index in [1.54, 1.807) is 41.3 Å². The number of nitrogens with zero attached hydrogens (tertiary/aromatic N) is 2. The molecule has 0 aliphatic carbocycles. The number of nitriles is 1. The Kier molecular flexibility index (Phi) is 9.39. The average molecular weight is 639 g/mol. The van der Waals surface area contributed by atoms with E-state index >= 15 is 0 Å². The van der Waals surface area contributed by atoms with Gasteiger partial charge in [-0.05, 0) is 88.9 Å². The van der Waals surface area contributed by atoms with E-state index in [0.29, 0.717) is 51.9 Å². The van der Waals surface area contributed by atoms with Gasteiger partial charge in [-0.3, -0.25) is 9.59 Å². The number of amides is 2. The normalized spacial score (nSPS) is 12.2. The van der Waals surface area contributed by atoms with Crippen LogP contribution in [0.4, 0.5) is 11.4 Å². The van der Waals surface area contributed by atoms with Crippen molar-refractivity contribution in [2.75, 3.05) is 30.0 Å². The maximum atomic E-state index is 13.1. The lowest BCUT2D eigenvalue weighted by Crippen LogP contribution is -2.33. The van der Waals surface area contributed by atoms with E-state index in [1.807, 2.05) is 67.6 Å². The molecule has 9 heteroatoms. The number of hydrogen-bond acceptors (Lipinski definition) is 6. The molecule has 1 aliphatic rings. The summed E-state index contributed by atoms with van der Waals surface area (Å²) in [6, 6.07) is 29.3. The molecule has 1 heterocycles. The number of ether oxygens (including phenoxy) is 3. The van der Waals surface area contributed by atoms with Gasteiger partial charge in [0.05, 0.1) is 16.8 Å². The smallest absolute Gasteiger partial charge is 0.266 e. The van der Waals surface area contributed by atoms with Crippen molar-refractivity contribution in [1.29, 1.82) is 5.26 Å². The van der Waals surface area contributed by atoms with E-state index < -0.39 is 5.91 Å². The topological polar surface area (TPSA) is 101 Å². The Balaban J connectivity index is 1.32. The lowest BCUT2D eigenvalue weighted by Gasteiger charge is -2.19. The first-order chi connectivity index (χ1) is 21.0. The second-order valence-corrected chi connectivity index (χ2v) is 10.4. The fourth-order valence-corrected chi connectivity index (χ4v) is 5.24. The van der Waals surface area contributed by atoms with Crippen LogP contribution in [0.5, 0.6) is 23.0 Å².